The van der Waals surface area contributed by atoms with Crippen LogP contribution >= 0.6 is 0 Å². The van der Waals surface area contributed by atoms with E-state index in [1.54, 1.807) is 31.4 Å². The quantitative estimate of drug-likeness (QED) is 0.788. The first-order valence-electron chi connectivity index (χ1n) is 6.39. The molecule has 0 saturated heterocycles. The summed E-state index contributed by atoms with van der Waals surface area (Å²) in [5, 5.41) is 0. The molecular weight excluding hydrogens is 276 g/mol. The Kier molecular flexibility index (Phi) is 3.79. The Hall–Kier alpha value is -2.47. The molecule has 0 atom stereocenters. The lowest BCUT2D eigenvalue weighted by Crippen LogP contribution is -2.04. The fourth-order valence-corrected chi connectivity index (χ4v) is 1.96. The van der Waals surface area contributed by atoms with Crippen LogP contribution in [0.15, 0.2) is 34.7 Å². The molecule has 0 radical (unpaired) electrons. The van der Waals surface area contributed by atoms with Crippen molar-refractivity contribution in [2.75, 3.05) is 13.9 Å². The molecule has 0 unspecified atom stereocenters. The smallest absolute Gasteiger partial charge is 0.374 e. The Labute approximate surface area is 121 Å². The summed E-state index contributed by atoms with van der Waals surface area (Å²) in [5.74, 6) is 1.56. The molecule has 6 heteroatoms. The second-order valence-corrected chi connectivity index (χ2v) is 4.46. The van der Waals surface area contributed by atoms with Gasteiger partial charge < -0.3 is 23.4 Å². The molecule has 0 bridgehead atoms. The lowest BCUT2D eigenvalue weighted by atomic mass is 10.2. The number of hydrogen-bond donors (Lipinski definition) is 0. The number of ether oxygens (including phenoxy) is 4. The summed E-state index contributed by atoms with van der Waals surface area (Å²) in [7, 11) is 1.56. The Morgan fingerprint density at radius 3 is 2.86 bits per heavy atom. The van der Waals surface area contributed by atoms with Crippen LogP contribution in [0.25, 0.3) is 0 Å². The predicted octanol–water partition coefficient (Wildman–Crippen LogP) is 2.51. The van der Waals surface area contributed by atoms with Gasteiger partial charge in [-0.3, -0.25) is 0 Å². The summed E-state index contributed by atoms with van der Waals surface area (Å²) in [5.41, 5.74) is 0.816. The predicted molar refractivity (Wildman–Crippen MR) is 71.1 cm³/mol. The van der Waals surface area contributed by atoms with Crippen molar-refractivity contribution in [3.63, 3.8) is 0 Å². The van der Waals surface area contributed by atoms with Gasteiger partial charge in [0.1, 0.15) is 19.0 Å². The van der Waals surface area contributed by atoms with Gasteiger partial charge in [-0.05, 0) is 29.8 Å². The van der Waals surface area contributed by atoms with Crippen molar-refractivity contribution >= 4 is 5.97 Å². The maximum atomic E-state index is 11.9. The van der Waals surface area contributed by atoms with Crippen molar-refractivity contribution in [2.24, 2.45) is 0 Å². The lowest BCUT2D eigenvalue weighted by molar-refractivity contribution is 0.0429. The van der Waals surface area contributed by atoms with Gasteiger partial charge >= 0.3 is 5.97 Å². The van der Waals surface area contributed by atoms with Gasteiger partial charge in [-0.15, -0.1) is 0 Å². The normalized spacial score (nSPS) is 12.4. The van der Waals surface area contributed by atoms with E-state index in [0.29, 0.717) is 23.9 Å². The van der Waals surface area contributed by atoms with Gasteiger partial charge in [0.05, 0.1) is 0 Å². The molecule has 0 aliphatic carbocycles. The molecule has 2 aromatic rings. The SMILES string of the molecule is COCc1ccc(C(=O)OCc2ccc3c(c2)OCO3)o1. The highest BCUT2D eigenvalue weighted by atomic mass is 16.7. The van der Waals surface area contributed by atoms with Crippen LogP contribution in [-0.2, 0) is 22.7 Å². The first-order valence-corrected chi connectivity index (χ1v) is 6.39. The standard InChI is InChI=1S/C15H14O6/c1-17-8-11-3-5-13(21-11)15(16)18-7-10-2-4-12-14(6-10)20-9-19-12/h2-6H,7-9H2,1H3. The number of carbonyl (C=O) groups excluding carboxylic acids is 1. The minimum absolute atomic E-state index is 0.135. The summed E-state index contributed by atoms with van der Waals surface area (Å²) >= 11 is 0. The summed E-state index contributed by atoms with van der Waals surface area (Å²) in [6, 6.07) is 8.64. The molecule has 0 saturated carbocycles. The summed E-state index contributed by atoms with van der Waals surface area (Å²) in [6.07, 6.45) is 0. The van der Waals surface area contributed by atoms with Crippen molar-refractivity contribution in [1.29, 1.82) is 0 Å². The van der Waals surface area contributed by atoms with Crippen molar-refractivity contribution in [3.05, 3.63) is 47.4 Å². The van der Waals surface area contributed by atoms with Crippen LogP contribution in [0, 0.1) is 0 Å². The zero-order valence-electron chi connectivity index (χ0n) is 11.5. The van der Waals surface area contributed by atoms with E-state index in [-0.39, 0.29) is 19.2 Å². The van der Waals surface area contributed by atoms with Gasteiger partial charge in [-0.25, -0.2) is 4.79 Å². The van der Waals surface area contributed by atoms with Crippen LogP contribution in [0.5, 0.6) is 11.5 Å². The molecule has 21 heavy (non-hydrogen) atoms. The molecule has 1 aromatic heterocycles. The maximum absolute atomic E-state index is 11.9. The molecule has 0 N–H and O–H groups in total. The average molecular weight is 290 g/mol. The number of rotatable bonds is 5. The van der Waals surface area contributed by atoms with Crippen molar-refractivity contribution < 1.29 is 28.2 Å². The molecule has 2 heterocycles. The number of fused-ring (bicyclic) bond motifs is 1. The van der Waals surface area contributed by atoms with Gasteiger partial charge in [0.15, 0.2) is 11.5 Å². The molecule has 3 rings (SSSR count). The number of esters is 1. The van der Waals surface area contributed by atoms with Crippen LogP contribution in [0.3, 0.4) is 0 Å². The third-order valence-corrected chi connectivity index (χ3v) is 2.96. The molecule has 6 nitrogen and oxygen atoms in total. The Bertz CT molecular complexity index is 645. The van der Waals surface area contributed by atoms with Crippen molar-refractivity contribution in [3.8, 4) is 11.5 Å². The van der Waals surface area contributed by atoms with Crippen LogP contribution < -0.4 is 9.47 Å². The lowest BCUT2D eigenvalue weighted by Gasteiger charge is -2.04. The van der Waals surface area contributed by atoms with Crippen molar-refractivity contribution in [2.45, 2.75) is 13.2 Å². The van der Waals surface area contributed by atoms with E-state index in [2.05, 4.69) is 0 Å². The number of furan rings is 1. The third-order valence-electron chi connectivity index (χ3n) is 2.96. The van der Waals surface area contributed by atoms with Crippen LogP contribution in [-0.4, -0.2) is 19.9 Å². The van der Waals surface area contributed by atoms with Gasteiger partial charge in [-0.2, -0.15) is 0 Å². The highest BCUT2D eigenvalue weighted by Gasteiger charge is 2.16. The molecule has 1 aliphatic rings. The number of carbonyl (C=O) groups is 1. The molecule has 110 valence electrons. The van der Waals surface area contributed by atoms with Crippen molar-refractivity contribution in [1.82, 2.24) is 0 Å². The van der Waals surface area contributed by atoms with E-state index >= 15 is 0 Å². The molecule has 1 aromatic carbocycles. The Morgan fingerprint density at radius 2 is 2.00 bits per heavy atom. The second-order valence-electron chi connectivity index (χ2n) is 4.46. The molecule has 1 aliphatic heterocycles. The Balaban J connectivity index is 1.60. The van der Waals surface area contributed by atoms with E-state index in [1.165, 1.54) is 0 Å². The van der Waals surface area contributed by atoms with Crippen LogP contribution in [0.2, 0.25) is 0 Å². The molecule has 0 spiro atoms. The monoisotopic (exact) mass is 290 g/mol. The highest BCUT2D eigenvalue weighted by Crippen LogP contribution is 2.32. The number of methoxy groups -OCH3 is 1. The van der Waals surface area contributed by atoms with E-state index in [9.17, 15) is 4.79 Å². The summed E-state index contributed by atoms with van der Waals surface area (Å²) in [6.45, 7) is 0.665. The van der Waals surface area contributed by atoms with Gasteiger partial charge in [-0.1, -0.05) is 6.07 Å². The summed E-state index contributed by atoms with van der Waals surface area (Å²) in [4.78, 5) is 11.9. The molecule has 0 fully saturated rings. The fourth-order valence-electron chi connectivity index (χ4n) is 1.96. The zero-order valence-corrected chi connectivity index (χ0v) is 11.5. The second kappa shape index (κ2) is 5.88. The minimum Gasteiger partial charge on any atom is -0.455 e. The largest absolute Gasteiger partial charge is 0.455 e. The zero-order chi connectivity index (χ0) is 14.7. The van der Waals surface area contributed by atoms with E-state index < -0.39 is 5.97 Å². The van der Waals surface area contributed by atoms with Gasteiger partial charge in [0.25, 0.3) is 0 Å². The number of benzene rings is 1. The highest BCUT2D eigenvalue weighted by molar-refractivity contribution is 5.86. The van der Waals surface area contributed by atoms with E-state index in [0.717, 1.165) is 5.56 Å². The fraction of sp³-hybridized carbons (Fsp3) is 0.267. The van der Waals surface area contributed by atoms with Gasteiger partial charge in [0.2, 0.25) is 12.6 Å². The maximum Gasteiger partial charge on any atom is 0.374 e. The average Bonchev–Trinajstić information content (AvgIpc) is 3.13. The van der Waals surface area contributed by atoms with Gasteiger partial charge in [0, 0.05) is 7.11 Å². The topological polar surface area (TPSA) is 67.1 Å². The Morgan fingerprint density at radius 1 is 1.14 bits per heavy atom. The van der Waals surface area contributed by atoms with Crippen LogP contribution in [0.1, 0.15) is 21.9 Å². The first-order chi connectivity index (χ1) is 10.3. The van der Waals surface area contributed by atoms with Crippen LogP contribution in [0.4, 0.5) is 0 Å². The minimum atomic E-state index is -0.519. The molecular formula is C15H14O6. The summed E-state index contributed by atoms with van der Waals surface area (Å²) < 4.78 is 25.9. The third kappa shape index (κ3) is 3.00. The molecule has 0 amide bonds. The van der Waals surface area contributed by atoms with E-state index in [1.807, 2.05) is 6.07 Å². The first kappa shape index (κ1) is 13.5. The number of hydrogen-bond acceptors (Lipinski definition) is 6. The van der Waals surface area contributed by atoms with E-state index in [4.69, 9.17) is 23.4 Å².